The van der Waals surface area contributed by atoms with E-state index in [1.807, 2.05) is 19.0 Å². The van der Waals surface area contributed by atoms with Crippen molar-refractivity contribution in [2.75, 3.05) is 33.7 Å². The molecule has 1 saturated heterocycles. The van der Waals surface area contributed by atoms with Crippen LogP contribution >= 0.6 is 0 Å². The van der Waals surface area contributed by atoms with Gasteiger partial charge < -0.3 is 15.1 Å². The maximum Gasteiger partial charge on any atom is 0.317 e. The van der Waals surface area contributed by atoms with Gasteiger partial charge in [-0.3, -0.25) is 0 Å². The Bertz CT molecular complexity index is 222. The molecule has 1 heterocycles. The molecule has 94 valence electrons. The lowest BCUT2D eigenvalue weighted by Gasteiger charge is -2.31. The number of nitrogens with zero attached hydrogens (tertiary/aromatic N) is 2. The monoisotopic (exact) mass is 227 g/mol. The Morgan fingerprint density at radius 1 is 1.44 bits per heavy atom. The van der Waals surface area contributed by atoms with E-state index in [0.29, 0.717) is 6.04 Å². The summed E-state index contributed by atoms with van der Waals surface area (Å²) in [6.45, 7) is 6.90. The van der Waals surface area contributed by atoms with Crippen LogP contribution in [0.2, 0.25) is 0 Å². The molecule has 4 heteroatoms. The van der Waals surface area contributed by atoms with Gasteiger partial charge in [0.15, 0.2) is 0 Å². The standard InChI is InChI=1S/C12H25N3O/c1-10-5-7-15(8-6-10)12(16)13-9-11(2)14(3)4/h10-11H,5-9H2,1-4H3,(H,13,16). The Morgan fingerprint density at radius 2 is 2.00 bits per heavy atom. The molecule has 1 unspecified atom stereocenters. The molecule has 1 N–H and O–H groups in total. The van der Waals surface area contributed by atoms with Gasteiger partial charge in [0.2, 0.25) is 0 Å². The van der Waals surface area contributed by atoms with E-state index in [1.165, 1.54) is 0 Å². The van der Waals surface area contributed by atoms with Gasteiger partial charge in [-0.15, -0.1) is 0 Å². The molecule has 1 aliphatic heterocycles. The van der Waals surface area contributed by atoms with Crippen molar-refractivity contribution in [2.24, 2.45) is 5.92 Å². The SMILES string of the molecule is CC1CCN(C(=O)NCC(C)N(C)C)CC1. The van der Waals surface area contributed by atoms with Crippen molar-refractivity contribution < 1.29 is 4.79 Å². The fourth-order valence-corrected chi connectivity index (χ4v) is 1.74. The smallest absolute Gasteiger partial charge is 0.317 e. The van der Waals surface area contributed by atoms with Gasteiger partial charge in [-0.05, 0) is 39.8 Å². The van der Waals surface area contributed by atoms with Crippen LogP contribution in [0.3, 0.4) is 0 Å². The number of urea groups is 1. The zero-order valence-corrected chi connectivity index (χ0v) is 11.0. The summed E-state index contributed by atoms with van der Waals surface area (Å²) in [5, 5.41) is 2.99. The summed E-state index contributed by atoms with van der Waals surface area (Å²) in [6, 6.07) is 0.480. The van der Waals surface area contributed by atoms with Crippen molar-refractivity contribution in [2.45, 2.75) is 32.7 Å². The van der Waals surface area contributed by atoms with Gasteiger partial charge in [0, 0.05) is 25.7 Å². The molecule has 0 radical (unpaired) electrons. The number of hydrogen-bond acceptors (Lipinski definition) is 2. The summed E-state index contributed by atoms with van der Waals surface area (Å²) in [5.74, 6) is 0.768. The predicted octanol–water partition coefficient (Wildman–Crippen LogP) is 1.38. The number of piperidine rings is 1. The third-order valence-electron chi connectivity index (χ3n) is 3.50. The van der Waals surface area contributed by atoms with E-state index in [0.717, 1.165) is 38.4 Å². The zero-order valence-electron chi connectivity index (χ0n) is 11.0. The first-order valence-corrected chi connectivity index (χ1v) is 6.20. The van der Waals surface area contributed by atoms with Crippen molar-refractivity contribution >= 4 is 6.03 Å². The largest absolute Gasteiger partial charge is 0.336 e. The van der Waals surface area contributed by atoms with Crippen LogP contribution in [0.4, 0.5) is 4.79 Å². The second-order valence-corrected chi connectivity index (χ2v) is 5.17. The van der Waals surface area contributed by atoms with Gasteiger partial charge in [-0.25, -0.2) is 4.79 Å². The van der Waals surface area contributed by atoms with Gasteiger partial charge in [-0.1, -0.05) is 6.92 Å². The Kier molecular flexibility index (Phi) is 5.06. The molecule has 1 rings (SSSR count). The van der Waals surface area contributed by atoms with Crippen LogP contribution in [0.25, 0.3) is 0 Å². The van der Waals surface area contributed by atoms with Gasteiger partial charge in [-0.2, -0.15) is 0 Å². The summed E-state index contributed by atoms with van der Waals surface area (Å²) >= 11 is 0. The molecule has 1 aliphatic rings. The van der Waals surface area contributed by atoms with Crippen molar-refractivity contribution in [1.29, 1.82) is 0 Å². The highest BCUT2D eigenvalue weighted by molar-refractivity contribution is 5.74. The van der Waals surface area contributed by atoms with Crippen LogP contribution in [0.1, 0.15) is 26.7 Å². The van der Waals surface area contributed by atoms with Crippen molar-refractivity contribution in [1.82, 2.24) is 15.1 Å². The Balaban J connectivity index is 2.25. The fraction of sp³-hybridized carbons (Fsp3) is 0.917. The molecule has 0 saturated carbocycles. The minimum atomic E-state index is 0.0978. The molecular weight excluding hydrogens is 202 g/mol. The van der Waals surface area contributed by atoms with Gasteiger partial charge in [0.25, 0.3) is 0 Å². The number of nitrogens with one attached hydrogen (secondary N) is 1. The molecule has 0 spiro atoms. The molecule has 2 amide bonds. The summed E-state index contributed by atoms with van der Waals surface area (Å²) in [5.41, 5.74) is 0. The van der Waals surface area contributed by atoms with E-state index in [2.05, 4.69) is 24.1 Å². The Labute approximate surface area is 99.0 Å². The number of hydrogen-bond donors (Lipinski definition) is 1. The lowest BCUT2D eigenvalue weighted by Crippen LogP contribution is -2.47. The first-order valence-electron chi connectivity index (χ1n) is 6.20. The lowest BCUT2D eigenvalue weighted by molar-refractivity contribution is 0.171. The molecule has 0 aromatic rings. The average molecular weight is 227 g/mol. The summed E-state index contributed by atoms with van der Waals surface area (Å²) < 4.78 is 0. The second-order valence-electron chi connectivity index (χ2n) is 5.17. The molecule has 1 atom stereocenters. The van der Waals surface area contributed by atoms with Crippen molar-refractivity contribution in [3.63, 3.8) is 0 Å². The Morgan fingerprint density at radius 3 is 2.50 bits per heavy atom. The highest BCUT2D eigenvalue weighted by atomic mass is 16.2. The molecule has 0 aromatic carbocycles. The van der Waals surface area contributed by atoms with E-state index in [9.17, 15) is 4.79 Å². The van der Waals surface area contributed by atoms with Crippen LogP contribution in [0, 0.1) is 5.92 Å². The topological polar surface area (TPSA) is 35.6 Å². The maximum absolute atomic E-state index is 11.8. The van der Waals surface area contributed by atoms with Gasteiger partial charge in [0.1, 0.15) is 0 Å². The third kappa shape index (κ3) is 4.00. The predicted molar refractivity (Wildman–Crippen MR) is 66.5 cm³/mol. The molecule has 16 heavy (non-hydrogen) atoms. The van der Waals surface area contributed by atoms with E-state index in [-0.39, 0.29) is 6.03 Å². The highest BCUT2D eigenvalue weighted by Crippen LogP contribution is 2.15. The Hall–Kier alpha value is -0.770. The molecule has 0 aromatic heterocycles. The van der Waals surface area contributed by atoms with E-state index < -0.39 is 0 Å². The third-order valence-corrected chi connectivity index (χ3v) is 3.50. The summed E-state index contributed by atoms with van der Waals surface area (Å²) in [7, 11) is 4.05. The average Bonchev–Trinajstić information content (AvgIpc) is 2.26. The normalized spacial score (nSPS) is 19.9. The van der Waals surface area contributed by atoms with Crippen LogP contribution in [-0.2, 0) is 0 Å². The summed E-state index contributed by atoms with van der Waals surface area (Å²) in [6.07, 6.45) is 2.27. The molecular formula is C12H25N3O. The van der Waals surface area contributed by atoms with Crippen LogP contribution in [0.5, 0.6) is 0 Å². The van der Waals surface area contributed by atoms with Gasteiger partial charge >= 0.3 is 6.03 Å². The number of amides is 2. The summed E-state index contributed by atoms with van der Waals surface area (Å²) in [4.78, 5) is 15.9. The highest BCUT2D eigenvalue weighted by Gasteiger charge is 2.20. The zero-order chi connectivity index (χ0) is 12.1. The van der Waals surface area contributed by atoms with E-state index >= 15 is 0 Å². The fourth-order valence-electron chi connectivity index (χ4n) is 1.74. The van der Waals surface area contributed by atoms with Crippen LogP contribution in [-0.4, -0.2) is 55.6 Å². The number of rotatable bonds is 3. The first kappa shape index (κ1) is 13.3. The number of likely N-dealkylation sites (tertiary alicyclic amines) is 1. The number of carbonyl (C=O) groups is 1. The van der Waals surface area contributed by atoms with Crippen LogP contribution < -0.4 is 5.32 Å². The van der Waals surface area contributed by atoms with E-state index in [4.69, 9.17) is 0 Å². The number of carbonyl (C=O) groups excluding carboxylic acids is 1. The quantitative estimate of drug-likeness (QED) is 0.790. The molecule has 1 fully saturated rings. The molecule has 0 aliphatic carbocycles. The van der Waals surface area contributed by atoms with Crippen LogP contribution in [0.15, 0.2) is 0 Å². The van der Waals surface area contributed by atoms with Gasteiger partial charge in [0.05, 0.1) is 0 Å². The van der Waals surface area contributed by atoms with Crippen molar-refractivity contribution in [3.8, 4) is 0 Å². The molecule has 0 bridgehead atoms. The number of likely N-dealkylation sites (N-methyl/N-ethyl adjacent to an activating group) is 1. The van der Waals surface area contributed by atoms with E-state index in [1.54, 1.807) is 0 Å². The lowest BCUT2D eigenvalue weighted by atomic mass is 10.00. The first-order chi connectivity index (χ1) is 7.50. The second kappa shape index (κ2) is 6.09. The molecule has 4 nitrogen and oxygen atoms in total. The minimum absolute atomic E-state index is 0.0978. The van der Waals surface area contributed by atoms with Crippen molar-refractivity contribution in [3.05, 3.63) is 0 Å². The minimum Gasteiger partial charge on any atom is -0.336 e. The maximum atomic E-state index is 11.8.